The van der Waals surface area contributed by atoms with E-state index in [4.69, 9.17) is 9.47 Å². The van der Waals surface area contributed by atoms with Crippen molar-refractivity contribution in [1.82, 2.24) is 4.31 Å². The molecule has 154 valence electrons. The Bertz CT molecular complexity index is 967. The number of benzene rings is 2. The van der Waals surface area contributed by atoms with Crippen molar-refractivity contribution in [2.75, 3.05) is 26.3 Å². The summed E-state index contributed by atoms with van der Waals surface area (Å²) in [5.74, 6) is -0.590. The van der Waals surface area contributed by atoms with Crippen LogP contribution >= 0.6 is 15.9 Å². The number of carbonyl (C=O) groups is 2. The Morgan fingerprint density at radius 3 is 2.17 bits per heavy atom. The number of ether oxygens (including phenoxy) is 2. The van der Waals surface area contributed by atoms with Gasteiger partial charge in [0.15, 0.2) is 19.0 Å². The van der Waals surface area contributed by atoms with Crippen molar-refractivity contribution in [2.45, 2.75) is 17.7 Å². The molecular formula is C20H20BrNO6S. The number of sulfonamides is 1. The van der Waals surface area contributed by atoms with Gasteiger partial charge in [-0.2, -0.15) is 4.31 Å². The van der Waals surface area contributed by atoms with Gasteiger partial charge in [0.1, 0.15) is 5.75 Å². The first kappa shape index (κ1) is 21.5. The lowest BCUT2D eigenvalue weighted by Gasteiger charge is -2.15. The number of carbonyl (C=O) groups excluding carboxylic acids is 2. The molecule has 7 nitrogen and oxygen atoms in total. The summed E-state index contributed by atoms with van der Waals surface area (Å²) in [7, 11) is -3.53. The molecule has 0 radical (unpaired) electrons. The highest BCUT2D eigenvalue weighted by atomic mass is 79.9. The molecule has 1 aliphatic rings. The quantitative estimate of drug-likeness (QED) is 0.425. The Kier molecular flexibility index (Phi) is 7.05. The Morgan fingerprint density at radius 2 is 1.55 bits per heavy atom. The van der Waals surface area contributed by atoms with Crippen LogP contribution in [0.1, 0.15) is 23.2 Å². The van der Waals surface area contributed by atoms with Gasteiger partial charge in [0.2, 0.25) is 10.0 Å². The molecule has 9 heteroatoms. The highest BCUT2D eigenvalue weighted by Gasteiger charge is 2.27. The average molecular weight is 482 g/mol. The van der Waals surface area contributed by atoms with Crippen molar-refractivity contribution >= 4 is 37.7 Å². The van der Waals surface area contributed by atoms with Gasteiger partial charge in [-0.05, 0) is 61.4 Å². The van der Waals surface area contributed by atoms with Crippen LogP contribution in [0.2, 0.25) is 0 Å². The van der Waals surface area contributed by atoms with Crippen LogP contribution in [0.3, 0.4) is 0 Å². The molecule has 0 amide bonds. The van der Waals surface area contributed by atoms with Crippen molar-refractivity contribution in [2.24, 2.45) is 0 Å². The Hall–Kier alpha value is -2.23. The van der Waals surface area contributed by atoms with Crippen LogP contribution in [0.5, 0.6) is 5.75 Å². The maximum absolute atomic E-state index is 12.5. The van der Waals surface area contributed by atoms with Gasteiger partial charge >= 0.3 is 5.97 Å². The molecule has 0 N–H and O–H groups in total. The molecule has 1 heterocycles. The third-order valence-corrected chi connectivity index (χ3v) is 6.86. The van der Waals surface area contributed by atoms with E-state index in [2.05, 4.69) is 15.9 Å². The molecular weight excluding hydrogens is 462 g/mol. The number of esters is 1. The molecule has 2 aromatic carbocycles. The number of Topliss-reactive ketones (excluding diaryl/α,β-unsaturated/α-hetero) is 1. The van der Waals surface area contributed by atoms with Crippen molar-refractivity contribution in [3.63, 3.8) is 0 Å². The molecule has 0 unspecified atom stereocenters. The zero-order valence-electron chi connectivity index (χ0n) is 15.5. The van der Waals surface area contributed by atoms with Gasteiger partial charge in [-0.25, -0.2) is 13.2 Å². The van der Waals surface area contributed by atoms with Crippen LogP contribution < -0.4 is 4.74 Å². The zero-order valence-corrected chi connectivity index (χ0v) is 17.9. The van der Waals surface area contributed by atoms with E-state index >= 15 is 0 Å². The summed E-state index contributed by atoms with van der Waals surface area (Å²) in [6.07, 6.45) is 1.71. The monoisotopic (exact) mass is 481 g/mol. The maximum Gasteiger partial charge on any atom is 0.344 e. The van der Waals surface area contributed by atoms with E-state index in [-0.39, 0.29) is 17.1 Å². The summed E-state index contributed by atoms with van der Waals surface area (Å²) >= 11 is 3.30. The minimum absolute atomic E-state index is 0.149. The van der Waals surface area contributed by atoms with Gasteiger partial charge in [0.05, 0.1) is 4.90 Å². The summed E-state index contributed by atoms with van der Waals surface area (Å²) in [5, 5.41) is 0. The van der Waals surface area contributed by atoms with Gasteiger partial charge < -0.3 is 9.47 Å². The number of ketones is 1. The van der Waals surface area contributed by atoms with Crippen LogP contribution in [-0.2, 0) is 19.6 Å². The van der Waals surface area contributed by atoms with Crippen LogP contribution in [-0.4, -0.2) is 50.8 Å². The zero-order chi connectivity index (χ0) is 20.9. The molecule has 2 aromatic rings. The number of rotatable bonds is 8. The maximum atomic E-state index is 12.5. The normalized spacial score (nSPS) is 14.5. The smallest absolute Gasteiger partial charge is 0.344 e. The van der Waals surface area contributed by atoms with Gasteiger partial charge in [0.25, 0.3) is 0 Å². The third-order valence-electron chi connectivity index (χ3n) is 4.41. The van der Waals surface area contributed by atoms with Crippen molar-refractivity contribution < 1.29 is 27.5 Å². The second kappa shape index (κ2) is 9.51. The van der Waals surface area contributed by atoms with Gasteiger partial charge in [0, 0.05) is 23.1 Å². The standard InChI is InChI=1S/C20H20BrNO6S/c21-16-5-7-17(8-6-16)27-14-20(24)28-13-19(23)15-3-9-18(10-4-15)29(25,26)22-11-1-2-12-22/h3-10H,1-2,11-14H2. The van der Waals surface area contributed by atoms with E-state index in [0.717, 1.165) is 17.3 Å². The Labute approximate surface area is 177 Å². The molecule has 0 atom stereocenters. The van der Waals surface area contributed by atoms with E-state index in [9.17, 15) is 18.0 Å². The summed E-state index contributed by atoms with van der Waals surface area (Å²) in [6.45, 7) is 0.269. The topological polar surface area (TPSA) is 90.0 Å². The second-order valence-electron chi connectivity index (χ2n) is 6.46. The minimum atomic E-state index is -3.53. The molecule has 1 fully saturated rings. The fourth-order valence-electron chi connectivity index (χ4n) is 2.83. The van der Waals surface area contributed by atoms with Crippen molar-refractivity contribution in [3.8, 4) is 5.75 Å². The fourth-order valence-corrected chi connectivity index (χ4v) is 4.62. The lowest BCUT2D eigenvalue weighted by molar-refractivity contribution is -0.144. The largest absolute Gasteiger partial charge is 0.482 e. The van der Waals surface area contributed by atoms with E-state index in [1.807, 2.05) is 0 Å². The van der Waals surface area contributed by atoms with Gasteiger partial charge in [-0.15, -0.1) is 0 Å². The summed E-state index contributed by atoms with van der Waals surface area (Å²) in [6, 6.07) is 12.6. The minimum Gasteiger partial charge on any atom is -0.482 e. The average Bonchev–Trinajstić information content (AvgIpc) is 3.27. The van der Waals surface area contributed by atoms with Crippen LogP contribution in [0.4, 0.5) is 0 Å². The summed E-state index contributed by atoms with van der Waals surface area (Å²) in [4.78, 5) is 24.1. The first-order chi connectivity index (χ1) is 13.9. The van der Waals surface area contributed by atoms with Crippen molar-refractivity contribution in [3.05, 3.63) is 58.6 Å². The van der Waals surface area contributed by atoms with Gasteiger partial charge in [-0.3, -0.25) is 4.79 Å². The SMILES string of the molecule is O=C(COc1ccc(Br)cc1)OCC(=O)c1ccc(S(=O)(=O)N2CCCC2)cc1. The molecule has 0 saturated carbocycles. The van der Waals surface area contributed by atoms with Crippen LogP contribution in [0, 0.1) is 0 Å². The molecule has 0 bridgehead atoms. The molecule has 1 aliphatic heterocycles. The lowest BCUT2D eigenvalue weighted by Crippen LogP contribution is -2.27. The summed E-state index contributed by atoms with van der Waals surface area (Å²) in [5.41, 5.74) is 0.270. The van der Waals surface area contributed by atoms with Crippen LogP contribution in [0.25, 0.3) is 0 Å². The second-order valence-corrected chi connectivity index (χ2v) is 9.32. The fraction of sp³-hybridized carbons (Fsp3) is 0.300. The number of nitrogens with zero attached hydrogens (tertiary/aromatic N) is 1. The Balaban J connectivity index is 1.50. The van der Waals surface area contributed by atoms with E-state index in [1.165, 1.54) is 28.6 Å². The third kappa shape index (κ3) is 5.65. The predicted octanol–water partition coefficient (Wildman–Crippen LogP) is 3.04. The molecule has 0 spiro atoms. The van der Waals surface area contributed by atoms with E-state index in [0.29, 0.717) is 18.8 Å². The first-order valence-electron chi connectivity index (χ1n) is 9.04. The molecule has 29 heavy (non-hydrogen) atoms. The number of hydrogen-bond acceptors (Lipinski definition) is 6. The van der Waals surface area contributed by atoms with E-state index in [1.54, 1.807) is 24.3 Å². The highest BCUT2D eigenvalue weighted by Crippen LogP contribution is 2.21. The highest BCUT2D eigenvalue weighted by molar-refractivity contribution is 9.10. The van der Waals surface area contributed by atoms with Crippen LogP contribution in [0.15, 0.2) is 57.9 Å². The van der Waals surface area contributed by atoms with Crippen molar-refractivity contribution in [1.29, 1.82) is 0 Å². The van der Waals surface area contributed by atoms with E-state index < -0.39 is 28.4 Å². The lowest BCUT2D eigenvalue weighted by atomic mass is 10.1. The summed E-state index contributed by atoms with van der Waals surface area (Å²) < 4.78 is 37.5. The number of hydrogen-bond donors (Lipinski definition) is 0. The molecule has 3 rings (SSSR count). The molecule has 0 aromatic heterocycles. The van der Waals surface area contributed by atoms with Gasteiger partial charge in [-0.1, -0.05) is 15.9 Å². The number of halogens is 1. The predicted molar refractivity (Wildman–Crippen MR) is 109 cm³/mol. The Morgan fingerprint density at radius 1 is 0.931 bits per heavy atom. The first-order valence-corrected chi connectivity index (χ1v) is 11.3. The molecule has 1 saturated heterocycles. The molecule has 0 aliphatic carbocycles.